The van der Waals surface area contributed by atoms with E-state index in [0.717, 1.165) is 5.56 Å². The Morgan fingerprint density at radius 1 is 1.38 bits per heavy atom. The Balaban J connectivity index is 2.09. The van der Waals surface area contributed by atoms with E-state index in [1.54, 1.807) is 12.3 Å². The number of anilines is 1. The zero-order valence-corrected chi connectivity index (χ0v) is 12.7. The fourth-order valence-corrected chi connectivity index (χ4v) is 2.00. The van der Waals surface area contributed by atoms with Crippen LogP contribution in [-0.2, 0) is 4.79 Å². The Bertz CT molecular complexity index is 631. The molecule has 1 N–H and O–H groups in total. The normalized spacial score (nSPS) is 11.8. The van der Waals surface area contributed by atoms with Crippen molar-refractivity contribution in [3.8, 4) is 5.75 Å². The van der Waals surface area contributed by atoms with Crippen LogP contribution in [-0.4, -0.2) is 17.0 Å². The first-order chi connectivity index (χ1) is 10.1. The number of halogens is 1. The highest BCUT2D eigenvalue weighted by molar-refractivity contribution is 6.33. The topological polar surface area (TPSA) is 51.2 Å². The average Bonchev–Trinajstić information content (AvgIpc) is 2.48. The van der Waals surface area contributed by atoms with Gasteiger partial charge in [0.1, 0.15) is 5.75 Å². The zero-order chi connectivity index (χ0) is 15.2. The van der Waals surface area contributed by atoms with Gasteiger partial charge in [0.2, 0.25) is 0 Å². The second-order valence-electron chi connectivity index (χ2n) is 4.63. The molecule has 1 aromatic carbocycles. The maximum atomic E-state index is 12.3. The van der Waals surface area contributed by atoms with E-state index < -0.39 is 6.10 Å². The first kappa shape index (κ1) is 15.3. The molecule has 2 aromatic rings. The number of hydrogen-bond donors (Lipinski definition) is 1. The van der Waals surface area contributed by atoms with Crippen LogP contribution in [0, 0.1) is 6.92 Å². The maximum Gasteiger partial charge on any atom is 0.265 e. The van der Waals surface area contributed by atoms with Crippen molar-refractivity contribution >= 4 is 23.2 Å². The molecule has 1 unspecified atom stereocenters. The van der Waals surface area contributed by atoms with Crippen molar-refractivity contribution in [3.63, 3.8) is 0 Å². The van der Waals surface area contributed by atoms with E-state index in [4.69, 9.17) is 16.3 Å². The monoisotopic (exact) mass is 304 g/mol. The molecule has 0 aliphatic heterocycles. The summed E-state index contributed by atoms with van der Waals surface area (Å²) in [7, 11) is 0. The first-order valence-corrected chi connectivity index (χ1v) is 7.12. The standard InChI is InChI=1S/C16H17ClN2O2/c1-3-14(21-15-7-5-4-6-11(15)2)16(20)19-13-10-18-9-8-12(13)17/h4-10,14H,3H2,1-2H3,(H,19,20). The number of benzene rings is 1. The van der Waals surface area contributed by atoms with Crippen LogP contribution in [0.5, 0.6) is 5.75 Å². The SMILES string of the molecule is CCC(Oc1ccccc1C)C(=O)Nc1cnccc1Cl. The number of pyridine rings is 1. The molecule has 110 valence electrons. The van der Waals surface area contributed by atoms with E-state index in [2.05, 4.69) is 10.3 Å². The molecule has 21 heavy (non-hydrogen) atoms. The van der Waals surface area contributed by atoms with Crippen molar-refractivity contribution in [1.29, 1.82) is 0 Å². The summed E-state index contributed by atoms with van der Waals surface area (Å²) in [6.45, 7) is 3.84. The molecular formula is C16H17ClN2O2. The highest BCUT2D eigenvalue weighted by atomic mass is 35.5. The lowest BCUT2D eigenvalue weighted by molar-refractivity contribution is -0.122. The highest BCUT2D eigenvalue weighted by Gasteiger charge is 2.20. The van der Waals surface area contributed by atoms with Gasteiger partial charge in [0, 0.05) is 6.20 Å². The van der Waals surface area contributed by atoms with Crippen molar-refractivity contribution in [2.75, 3.05) is 5.32 Å². The molecule has 0 fully saturated rings. The molecule has 0 aliphatic carbocycles. The largest absolute Gasteiger partial charge is 0.480 e. The lowest BCUT2D eigenvalue weighted by Gasteiger charge is -2.18. The summed E-state index contributed by atoms with van der Waals surface area (Å²) in [4.78, 5) is 16.2. The third kappa shape index (κ3) is 3.95. The maximum absolute atomic E-state index is 12.3. The Morgan fingerprint density at radius 2 is 2.14 bits per heavy atom. The third-order valence-electron chi connectivity index (χ3n) is 3.05. The van der Waals surface area contributed by atoms with Crippen LogP contribution < -0.4 is 10.1 Å². The summed E-state index contributed by atoms with van der Waals surface area (Å²) >= 11 is 6.01. The molecule has 1 heterocycles. The number of carbonyl (C=O) groups is 1. The van der Waals surface area contributed by atoms with Gasteiger partial charge in [-0.15, -0.1) is 0 Å². The van der Waals surface area contributed by atoms with Crippen LogP contribution >= 0.6 is 11.6 Å². The number of amides is 1. The summed E-state index contributed by atoms with van der Waals surface area (Å²) in [5, 5.41) is 3.19. The molecule has 1 aromatic heterocycles. The van der Waals surface area contributed by atoms with Gasteiger partial charge in [0.15, 0.2) is 6.10 Å². The van der Waals surface area contributed by atoms with Gasteiger partial charge >= 0.3 is 0 Å². The number of carbonyl (C=O) groups excluding carboxylic acids is 1. The van der Waals surface area contributed by atoms with Crippen LogP contribution in [0.2, 0.25) is 5.02 Å². The molecule has 1 atom stereocenters. The molecule has 4 nitrogen and oxygen atoms in total. The molecule has 0 aliphatic rings. The molecule has 1 amide bonds. The van der Waals surface area contributed by atoms with Crippen molar-refractivity contribution in [2.24, 2.45) is 0 Å². The number of aromatic nitrogens is 1. The predicted octanol–water partition coefficient (Wildman–Crippen LogP) is 3.84. The van der Waals surface area contributed by atoms with E-state index >= 15 is 0 Å². The van der Waals surface area contributed by atoms with Crippen LogP contribution in [0.1, 0.15) is 18.9 Å². The first-order valence-electron chi connectivity index (χ1n) is 6.74. The quantitative estimate of drug-likeness (QED) is 0.913. The van der Waals surface area contributed by atoms with Crippen molar-refractivity contribution < 1.29 is 9.53 Å². The van der Waals surface area contributed by atoms with Gasteiger partial charge in [-0.2, -0.15) is 0 Å². The van der Waals surface area contributed by atoms with Gasteiger partial charge < -0.3 is 10.1 Å². The van der Waals surface area contributed by atoms with Crippen molar-refractivity contribution in [1.82, 2.24) is 4.98 Å². The van der Waals surface area contributed by atoms with E-state index in [0.29, 0.717) is 22.9 Å². The number of nitrogens with zero attached hydrogens (tertiary/aromatic N) is 1. The van der Waals surface area contributed by atoms with Gasteiger partial charge in [-0.25, -0.2) is 0 Å². The molecule has 0 bridgehead atoms. The zero-order valence-electron chi connectivity index (χ0n) is 12.0. The van der Waals surface area contributed by atoms with Crippen LogP contribution in [0.3, 0.4) is 0 Å². The Kier molecular flexibility index (Phi) is 5.17. The Hall–Kier alpha value is -2.07. The van der Waals surface area contributed by atoms with Crippen molar-refractivity contribution in [3.05, 3.63) is 53.3 Å². The predicted molar refractivity (Wildman–Crippen MR) is 83.8 cm³/mol. The number of aryl methyl sites for hydroxylation is 1. The molecule has 0 spiro atoms. The van der Waals surface area contributed by atoms with Crippen molar-refractivity contribution in [2.45, 2.75) is 26.4 Å². The lowest BCUT2D eigenvalue weighted by Crippen LogP contribution is -2.32. The average molecular weight is 305 g/mol. The summed E-state index contributed by atoms with van der Waals surface area (Å²) in [5.74, 6) is 0.465. The number of para-hydroxylation sites is 1. The number of nitrogens with one attached hydrogen (secondary N) is 1. The molecule has 0 saturated heterocycles. The van der Waals surface area contributed by atoms with E-state index in [1.807, 2.05) is 38.1 Å². The molecule has 5 heteroatoms. The van der Waals surface area contributed by atoms with Crippen LogP contribution in [0.25, 0.3) is 0 Å². The summed E-state index contributed by atoms with van der Waals surface area (Å²) in [5.41, 5.74) is 1.47. The molecular weight excluding hydrogens is 288 g/mol. The van der Waals surface area contributed by atoms with E-state index in [-0.39, 0.29) is 5.91 Å². The second-order valence-corrected chi connectivity index (χ2v) is 5.03. The summed E-state index contributed by atoms with van der Waals surface area (Å²) in [6.07, 6.45) is 3.06. The molecule has 0 radical (unpaired) electrons. The minimum Gasteiger partial charge on any atom is -0.480 e. The molecule has 0 saturated carbocycles. The van der Waals surface area contributed by atoms with Crippen LogP contribution in [0.4, 0.5) is 5.69 Å². The Morgan fingerprint density at radius 3 is 2.81 bits per heavy atom. The Labute approximate surface area is 129 Å². The molecule has 2 rings (SSSR count). The number of ether oxygens (including phenoxy) is 1. The summed E-state index contributed by atoms with van der Waals surface area (Å²) in [6, 6.07) is 9.23. The van der Waals surface area contributed by atoms with E-state index in [1.165, 1.54) is 6.20 Å². The van der Waals surface area contributed by atoms with Crippen LogP contribution in [0.15, 0.2) is 42.7 Å². The van der Waals surface area contributed by atoms with Gasteiger partial charge in [-0.1, -0.05) is 36.7 Å². The van der Waals surface area contributed by atoms with Gasteiger partial charge in [0.25, 0.3) is 5.91 Å². The van der Waals surface area contributed by atoms with Gasteiger partial charge in [0.05, 0.1) is 16.9 Å². The third-order valence-corrected chi connectivity index (χ3v) is 3.38. The van der Waals surface area contributed by atoms with Gasteiger partial charge in [-0.05, 0) is 31.0 Å². The minimum atomic E-state index is -0.581. The fourth-order valence-electron chi connectivity index (χ4n) is 1.85. The number of rotatable bonds is 5. The second kappa shape index (κ2) is 7.09. The summed E-state index contributed by atoms with van der Waals surface area (Å²) < 4.78 is 5.79. The van der Waals surface area contributed by atoms with Gasteiger partial charge in [-0.3, -0.25) is 9.78 Å². The smallest absolute Gasteiger partial charge is 0.265 e. The minimum absolute atomic E-state index is 0.240. The number of hydrogen-bond acceptors (Lipinski definition) is 3. The van der Waals surface area contributed by atoms with E-state index in [9.17, 15) is 4.79 Å². The highest BCUT2D eigenvalue weighted by Crippen LogP contribution is 2.22. The fraction of sp³-hybridized carbons (Fsp3) is 0.250. The lowest BCUT2D eigenvalue weighted by atomic mass is 10.2.